The summed E-state index contributed by atoms with van der Waals surface area (Å²) in [5.74, 6) is 1.17. The number of rotatable bonds is 3. The Morgan fingerprint density at radius 3 is 2.77 bits per heavy atom. The van der Waals surface area contributed by atoms with Crippen molar-refractivity contribution in [3.63, 3.8) is 0 Å². The molecular weight excluding hydrogens is 376 g/mol. The van der Waals surface area contributed by atoms with Gasteiger partial charge < -0.3 is 9.88 Å². The van der Waals surface area contributed by atoms with Crippen LogP contribution in [0, 0.1) is 6.92 Å². The fourth-order valence-corrected chi connectivity index (χ4v) is 4.92. The molecule has 0 atom stereocenters. The number of piperidine rings is 1. The molecule has 1 saturated heterocycles. The lowest BCUT2D eigenvalue weighted by molar-refractivity contribution is 0.0708. The van der Waals surface area contributed by atoms with E-state index in [1.807, 2.05) is 42.4 Å². The molecule has 0 spiro atoms. The predicted octanol–water partition coefficient (Wildman–Crippen LogP) is 3.38. The molecule has 0 unspecified atom stereocenters. The Bertz CT molecular complexity index is 1140. The lowest BCUT2D eigenvalue weighted by Gasteiger charge is -2.31. The Morgan fingerprint density at radius 1 is 1.17 bits per heavy atom. The van der Waals surface area contributed by atoms with Crippen molar-refractivity contribution in [3.05, 3.63) is 81.3 Å². The molecule has 1 aliphatic heterocycles. The largest absolute Gasteiger partial charge is 0.348 e. The van der Waals surface area contributed by atoms with Crippen molar-refractivity contribution in [1.82, 2.24) is 19.4 Å². The van der Waals surface area contributed by atoms with Crippen LogP contribution < -0.4 is 5.56 Å². The van der Waals surface area contributed by atoms with Gasteiger partial charge in [0.15, 0.2) is 0 Å². The second-order valence-electron chi connectivity index (χ2n) is 8.36. The summed E-state index contributed by atoms with van der Waals surface area (Å²) in [7, 11) is 0. The molecule has 6 nitrogen and oxygen atoms in total. The Morgan fingerprint density at radius 2 is 2.00 bits per heavy atom. The lowest BCUT2D eigenvalue weighted by atomic mass is 9.95. The topological polar surface area (TPSA) is 71.0 Å². The zero-order valence-corrected chi connectivity index (χ0v) is 17.2. The highest BCUT2D eigenvalue weighted by molar-refractivity contribution is 5.95. The molecule has 154 valence electrons. The molecule has 1 aliphatic carbocycles. The van der Waals surface area contributed by atoms with Crippen LogP contribution in [0.3, 0.4) is 0 Å². The van der Waals surface area contributed by atoms with Crippen molar-refractivity contribution in [3.8, 4) is 5.69 Å². The van der Waals surface area contributed by atoms with Crippen molar-refractivity contribution in [2.75, 3.05) is 13.1 Å². The highest BCUT2D eigenvalue weighted by atomic mass is 16.2. The molecule has 1 aromatic carbocycles. The van der Waals surface area contributed by atoms with Crippen LogP contribution >= 0.6 is 0 Å². The van der Waals surface area contributed by atoms with Crippen molar-refractivity contribution in [1.29, 1.82) is 0 Å². The molecular formula is C24H26N4O2. The maximum absolute atomic E-state index is 13.4. The van der Waals surface area contributed by atoms with Gasteiger partial charge in [-0.2, -0.15) is 0 Å². The molecule has 2 aliphatic rings. The molecule has 6 heteroatoms. The van der Waals surface area contributed by atoms with E-state index in [0.717, 1.165) is 49.2 Å². The maximum atomic E-state index is 13.4. The molecule has 1 fully saturated rings. The fourth-order valence-electron chi connectivity index (χ4n) is 4.92. The van der Waals surface area contributed by atoms with E-state index in [1.165, 1.54) is 11.1 Å². The van der Waals surface area contributed by atoms with E-state index in [2.05, 4.69) is 16.0 Å². The van der Waals surface area contributed by atoms with E-state index < -0.39 is 0 Å². The number of aromatic nitrogens is 3. The number of hydrogen-bond acceptors (Lipinski definition) is 3. The Labute approximate surface area is 175 Å². The number of pyridine rings is 1. The molecule has 0 radical (unpaired) electrons. The number of H-pyrrole nitrogens is 1. The van der Waals surface area contributed by atoms with E-state index >= 15 is 0 Å². The van der Waals surface area contributed by atoms with Crippen molar-refractivity contribution in [2.24, 2.45) is 0 Å². The highest BCUT2D eigenvalue weighted by Crippen LogP contribution is 2.28. The monoisotopic (exact) mass is 402 g/mol. The van der Waals surface area contributed by atoms with Crippen LogP contribution in [-0.4, -0.2) is 38.4 Å². The van der Waals surface area contributed by atoms with Crippen molar-refractivity contribution >= 4 is 5.91 Å². The summed E-state index contributed by atoms with van der Waals surface area (Å²) in [4.78, 5) is 36.1. The van der Waals surface area contributed by atoms with Crippen LogP contribution in [-0.2, 0) is 12.8 Å². The second kappa shape index (κ2) is 7.59. The van der Waals surface area contributed by atoms with E-state index in [4.69, 9.17) is 0 Å². The van der Waals surface area contributed by atoms with E-state index in [9.17, 15) is 9.59 Å². The summed E-state index contributed by atoms with van der Waals surface area (Å²) in [6.07, 6.45) is 10.3. The van der Waals surface area contributed by atoms with Gasteiger partial charge in [0.1, 0.15) is 11.4 Å². The summed E-state index contributed by atoms with van der Waals surface area (Å²) in [5, 5.41) is 0. The Hall–Kier alpha value is -3.15. The van der Waals surface area contributed by atoms with Crippen LogP contribution in [0.4, 0.5) is 0 Å². The van der Waals surface area contributed by atoms with Crippen LogP contribution in [0.1, 0.15) is 58.1 Å². The molecule has 0 bridgehead atoms. The molecule has 0 saturated carbocycles. The van der Waals surface area contributed by atoms with E-state index in [0.29, 0.717) is 24.6 Å². The maximum Gasteiger partial charge on any atom is 0.268 e. The molecule has 3 heterocycles. The number of carbonyl (C=O) groups is 1. The number of aromatic amines is 1. The zero-order chi connectivity index (χ0) is 20.7. The molecule has 30 heavy (non-hydrogen) atoms. The number of benzene rings is 1. The number of likely N-dealkylation sites (tertiary alicyclic amines) is 1. The van der Waals surface area contributed by atoms with Crippen LogP contribution in [0.25, 0.3) is 5.69 Å². The van der Waals surface area contributed by atoms with Crippen LogP contribution in [0.2, 0.25) is 0 Å². The van der Waals surface area contributed by atoms with Crippen LogP contribution in [0.15, 0.2) is 47.7 Å². The smallest absolute Gasteiger partial charge is 0.268 e. The zero-order valence-electron chi connectivity index (χ0n) is 17.2. The van der Waals surface area contributed by atoms with Gasteiger partial charge in [-0.25, -0.2) is 4.98 Å². The number of imidazole rings is 1. The first-order chi connectivity index (χ1) is 14.6. The average Bonchev–Trinajstić information content (AvgIpc) is 3.46. The van der Waals surface area contributed by atoms with Crippen LogP contribution in [0.5, 0.6) is 0 Å². The SMILES string of the molecule is Cc1ccn(-c2cccc3c2CCC3)c(=O)c1C(=O)N1CCC(c2ncc[nH]2)CC1. The van der Waals surface area contributed by atoms with Gasteiger partial charge >= 0.3 is 0 Å². The first-order valence-corrected chi connectivity index (χ1v) is 10.8. The first kappa shape index (κ1) is 18.9. The number of carbonyl (C=O) groups excluding carboxylic acids is 1. The van der Waals surface area contributed by atoms with Gasteiger partial charge in [-0.15, -0.1) is 0 Å². The third-order valence-corrected chi connectivity index (χ3v) is 6.58. The summed E-state index contributed by atoms with van der Waals surface area (Å²) in [5.41, 5.74) is 4.29. The van der Waals surface area contributed by atoms with E-state index in [1.54, 1.807) is 10.8 Å². The number of hydrogen-bond donors (Lipinski definition) is 1. The Balaban J connectivity index is 1.44. The highest BCUT2D eigenvalue weighted by Gasteiger charge is 2.28. The quantitative estimate of drug-likeness (QED) is 0.730. The Kier molecular flexibility index (Phi) is 4.77. The summed E-state index contributed by atoms with van der Waals surface area (Å²) in [6.45, 7) is 3.13. The number of amides is 1. The van der Waals surface area contributed by atoms with Crippen molar-refractivity contribution in [2.45, 2.75) is 44.9 Å². The fraction of sp³-hybridized carbons (Fsp3) is 0.375. The minimum absolute atomic E-state index is 0.155. The minimum Gasteiger partial charge on any atom is -0.348 e. The third kappa shape index (κ3) is 3.16. The normalized spacial score (nSPS) is 16.6. The summed E-state index contributed by atoms with van der Waals surface area (Å²) in [6, 6.07) is 8.02. The predicted molar refractivity (Wildman–Crippen MR) is 115 cm³/mol. The van der Waals surface area contributed by atoms with Gasteiger partial charge in [-0.3, -0.25) is 14.2 Å². The summed E-state index contributed by atoms with van der Waals surface area (Å²) >= 11 is 0. The minimum atomic E-state index is -0.214. The molecule has 1 amide bonds. The number of fused-ring (bicyclic) bond motifs is 1. The van der Waals surface area contributed by atoms with Gasteiger partial charge in [0.2, 0.25) is 0 Å². The lowest BCUT2D eigenvalue weighted by Crippen LogP contribution is -2.41. The van der Waals surface area contributed by atoms with E-state index in [-0.39, 0.29) is 11.5 Å². The first-order valence-electron chi connectivity index (χ1n) is 10.8. The standard InChI is InChI=1S/C24H26N4O2/c1-16-8-15-28(20-7-3-5-17-4-2-6-19(17)20)24(30)21(16)23(29)27-13-9-18(10-14-27)22-25-11-12-26-22/h3,5,7-8,11-12,15,18H,2,4,6,9-10,13-14H2,1H3,(H,25,26). The number of aryl methyl sites for hydroxylation is 2. The molecule has 1 N–H and O–H groups in total. The van der Waals surface area contributed by atoms with Gasteiger partial charge in [0.25, 0.3) is 11.5 Å². The van der Waals surface area contributed by atoms with Gasteiger partial charge in [0, 0.05) is 37.6 Å². The number of nitrogens with one attached hydrogen (secondary N) is 1. The molecule has 5 rings (SSSR count). The van der Waals surface area contributed by atoms with Gasteiger partial charge in [-0.05, 0) is 67.9 Å². The second-order valence-corrected chi connectivity index (χ2v) is 8.36. The summed E-state index contributed by atoms with van der Waals surface area (Å²) < 4.78 is 1.67. The number of nitrogens with zero attached hydrogens (tertiary/aromatic N) is 3. The molecule has 2 aromatic heterocycles. The molecule has 3 aromatic rings. The van der Waals surface area contributed by atoms with Gasteiger partial charge in [-0.1, -0.05) is 12.1 Å². The average molecular weight is 402 g/mol. The van der Waals surface area contributed by atoms with Crippen molar-refractivity contribution < 1.29 is 4.79 Å². The van der Waals surface area contributed by atoms with Gasteiger partial charge in [0.05, 0.1) is 5.69 Å². The third-order valence-electron chi connectivity index (χ3n) is 6.58.